The second-order valence-corrected chi connectivity index (χ2v) is 28.9. The molecular formula is C81H140O17P2. The summed E-state index contributed by atoms with van der Waals surface area (Å²) < 4.78 is 68.4. The van der Waals surface area contributed by atoms with Crippen LogP contribution in [0.3, 0.4) is 0 Å². The van der Waals surface area contributed by atoms with Crippen molar-refractivity contribution in [3.63, 3.8) is 0 Å². The van der Waals surface area contributed by atoms with Crippen LogP contribution in [0.2, 0.25) is 0 Å². The number of carbonyl (C=O) groups is 4. The van der Waals surface area contributed by atoms with Crippen molar-refractivity contribution in [1.29, 1.82) is 0 Å². The molecule has 0 aliphatic rings. The Hall–Kier alpha value is -4.28. The standard InChI is InChI=1S/C81H140O17P2/c1-5-9-13-17-21-25-29-33-36-37-40-42-46-50-54-58-62-66-79(84)92-72-77(98-81(86)68-64-60-56-52-48-44-39-35-31-27-23-19-15-11-7-3)74-96-100(89,90)94-70-75(82)69-93-99(87,88)95-73-76(71-91-78(83)65-61-57-53-49-45-41-32-28-24-20-16-12-8-4)97-80(85)67-63-59-55-51-47-43-38-34-30-26-22-18-14-10-6-2/h21-22,25-28,31-36,38-40,42,50,54,75-77,82H,5-20,23-24,29-30,37,41,43-49,51-53,55-74H2,1-4H3,(H,87,88)(H,89,90)/b25-21-,26-22-,31-27-,32-28-,36-33-,38-34-,39-35-,42-40-,54-50-/t75-,76+,77+/m0/s1. The predicted octanol–water partition coefficient (Wildman–Crippen LogP) is 22.6. The molecule has 0 spiro atoms. The van der Waals surface area contributed by atoms with Gasteiger partial charge in [0.05, 0.1) is 26.4 Å². The lowest BCUT2D eigenvalue weighted by Gasteiger charge is -2.21. The van der Waals surface area contributed by atoms with Crippen LogP contribution >= 0.6 is 15.6 Å². The van der Waals surface area contributed by atoms with Crippen LogP contribution in [0.15, 0.2) is 109 Å². The smallest absolute Gasteiger partial charge is 0.462 e. The van der Waals surface area contributed by atoms with E-state index in [9.17, 15) is 43.2 Å². The molecular weight excluding hydrogens is 1310 g/mol. The van der Waals surface area contributed by atoms with Crippen molar-refractivity contribution in [2.75, 3.05) is 39.6 Å². The van der Waals surface area contributed by atoms with E-state index in [1.807, 2.05) is 12.2 Å². The van der Waals surface area contributed by atoms with E-state index in [0.717, 1.165) is 148 Å². The maximum Gasteiger partial charge on any atom is 0.472 e. The van der Waals surface area contributed by atoms with Crippen molar-refractivity contribution >= 4 is 39.5 Å². The maximum absolute atomic E-state index is 13.1. The maximum atomic E-state index is 13.1. The largest absolute Gasteiger partial charge is 0.472 e. The third kappa shape index (κ3) is 72.1. The van der Waals surface area contributed by atoms with Gasteiger partial charge in [-0.2, -0.15) is 0 Å². The monoisotopic (exact) mass is 1450 g/mol. The molecule has 0 bridgehead atoms. The van der Waals surface area contributed by atoms with Gasteiger partial charge >= 0.3 is 39.5 Å². The van der Waals surface area contributed by atoms with Gasteiger partial charge in [-0.05, 0) is 148 Å². The molecule has 0 aliphatic heterocycles. The molecule has 2 unspecified atom stereocenters. The van der Waals surface area contributed by atoms with E-state index in [2.05, 4.69) is 125 Å². The molecule has 0 amide bonds. The molecule has 0 heterocycles. The zero-order valence-corrected chi connectivity index (χ0v) is 64.6. The molecule has 0 radical (unpaired) electrons. The van der Waals surface area contributed by atoms with Crippen LogP contribution in [0.5, 0.6) is 0 Å². The van der Waals surface area contributed by atoms with Gasteiger partial charge in [0.15, 0.2) is 12.2 Å². The summed E-state index contributed by atoms with van der Waals surface area (Å²) in [5.74, 6) is -2.27. The summed E-state index contributed by atoms with van der Waals surface area (Å²) in [6, 6.07) is 0. The molecule has 0 saturated carbocycles. The minimum absolute atomic E-state index is 0.0643. The van der Waals surface area contributed by atoms with E-state index in [4.69, 9.17) is 37.0 Å². The number of aliphatic hydroxyl groups is 1. The molecule has 0 aromatic rings. The van der Waals surface area contributed by atoms with Gasteiger partial charge in [-0.3, -0.25) is 37.3 Å². The number of rotatable bonds is 73. The highest BCUT2D eigenvalue weighted by molar-refractivity contribution is 7.47. The summed E-state index contributed by atoms with van der Waals surface area (Å²) in [5.41, 5.74) is 0. The summed E-state index contributed by atoms with van der Waals surface area (Å²) in [6.45, 7) is 4.69. The Bertz CT molecular complexity index is 2320. The fraction of sp³-hybridized carbons (Fsp3) is 0.728. The third-order valence-electron chi connectivity index (χ3n) is 16.2. The second kappa shape index (κ2) is 73.0. The van der Waals surface area contributed by atoms with E-state index in [1.54, 1.807) is 0 Å². The summed E-state index contributed by atoms with van der Waals surface area (Å²) in [4.78, 5) is 72.9. The normalized spacial score (nSPS) is 14.5. The summed E-state index contributed by atoms with van der Waals surface area (Å²) >= 11 is 0. The lowest BCUT2D eigenvalue weighted by molar-refractivity contribution is -0.161. The fourth-order valence-corrected chi connectivity index (χ4v) is 11.7. The minimum atomic E-state index is -4.99. The van der Waals surface area contributed by atoms with E-state index in [0.29, 0.717) is 32.1 Å². The second-order valence-electron chi connectivity index (χ2n) is 26.0. The first-order chi connectivity index (χ1) is 48.7. The van der Waals surface area contributed by atoms with Crippen molar-refractivity contribution in [1.82, 2.24) is 0 Å². The first kappa shape index (κ1) is 95.7. The number of unbranched alkanes of at least 4 members (excludes halogenated alkanes) is 30. The molecule has 0 aliphatic carbocycles. The molecule has 576 valence electrons. The number of esters is 4. The highest BCUT2D eigenvalue weighted by Gasteiger charge is 2.30. The molecule has 0 aromatic heterocycles. The first-order valence-electron chi connectivity index (χ1n) is 39.1. The van der Waals surface area contributed by atoms with E-state index in [1.165, 1.54) is 89.9 Å². The molecule has 100 heavy (non-hydrogen) atoms. The number of aliphatic hydroxyl groups excluding tert-OH is 1. The van der Waals surface area contributed by atoms with Gasteiger partial charge in [0, 0.05) is 25.7 Å². The lowest BCUT2D eigenvalue weighted by atomic mass is 10.1. The molecule has 0 rings (SSSR count). The molecule has 19 heteroatoms. The number of allylic oxidation sites excluding steroid dienone is 18. The minimum Gasteiger partial charge on any atom is -0.462 e. The number of phosphoric ester groups is 2. The van der Waals surface area contributed by atoms with Crippen molar-refractivity contribution in [3.05, 3.63) is 109 Å². The topological polar surface area (TPSA) is 237 Å². The van der Waals surface area contributed by atoms with Crippen LogP contribution in [0, 0.1) is 0 Å². The summed E-state index contributed by atoms with van der Waals surface area (Å²) in [6.07, 6.45) is 77.9. The van der Waals surface area contributed by atoms with Crippen LogP contribution in [0.25, 0.3) is 0 Å². The molecule has 17 nitrogen and oxygen atoms in total. The predicted molar refractivity (Wildman–Crippen MR) is 408 cm³/mol. The zero-order valence-electron chi connectivity index (χ0n) is 62.8. The molecule has 0 fully saturated rings. The molecule has 5 atom stereocenters. The number of ether oxygens (including phenoxy) is 4. The van der Waals surface area contributed by atoms with Crippen LogP contribution in [-0.4, -0.2) is 96.7 Å². The number of phosphoric acid groups is 2. The number of hydrogen-bond acceptors (Lipinski definition) is 15. The molecule has 0 saturated heterocycles. The Kier molecular flexibility index (Phi) is 69.9. The molecule has 0 aromatic carbocycles. The van der Waals surface area contributed by atoms with Gasteiger partial charge in [0.1, 0.15) is 19.3 Å². The average molecular weight is 1450 g/mol. The van der Waals surface area contributed by atoms with Gasteiger partial charge < -0.3 is 33.8 Å². The van der Waals surface area contributed by atoms with Gasteiger partial charge in [-0.1, -0.05) is 259 Å². The van der Waals surface area contributed by atoms with Gasteiger partial charge in [0.25, 0.3) is 0 Å². The molecule has 3 N–H and O–H groups in total. The van der Waals surface area contributed by atoms with Crippen molar-refractivity contribution in [3.8, 4) is 0 Å². The highest BCUT2D eigenvalue weighted by atomic mass is 31.2. The first-order valence-corrected chi connectivity index (χ1v) is 42.1. The van der Waals surface area contributed by atoms with E-state index < -0.39 is 97.5 Å². The number of carbonyl (C=O) groups excluding carboxylic acids is 4. The van der Waals surface area contributed by atoms with Crippen LogP contribution in [0.4, 0.5) is 0 Å². The summed E-state index contributed by atoms with van der Waals surface area (Å²) in [5, 5.41) is 10.6. The Morgan fingerprint density at radius 1 is 0.290 bits per heavy atom. The zero-order chi connectivity index (χ0) is 73.2. The van der Waals surface area contributed by atoms with E-state index in [-0.39, 0.29) is 25.7 Å². The SMILES string of the molecule is CCCCC/C=C\C/C=C\C/C=C\C/C=C\CCCC(=O)OC[C@H](COP(=O)(O)OC[C@@H](O)COP(=O)(O)OC[C@@H](COC(=O)CCCCCCC/C=C\CCCCCC)OC(=O)CCCCCCC/C=C\C/C=C\CCCCC)OC(=O)CCCCCCC/C=C\C=C/CCCCCC. The van der Waals surface area contributed by atoms with Crippen molar-refractivity contribution < 1.29 is 80.2 Å². The Labute approximate surface area is 607 Å². The highest BCUT2D eigenvalue weighted by Crippen LogP contribution is 2.45. The van der Waals surface area contributed by atoms with E-state index >= 15 is 0 Å². The van der Waals surface area contributed by atoms with Crippen molar-refractivity contribution in [2.45, 2.75) is 341 Å². The van der Waals surface area contributed by atoms with Crippen LogP contribution < -0.4 is 0 Å². The van der Waals surface area contributed by atoms with Crippen LogP contribution in [-0.2, 0) is 65.4 Å². The van der Waals surface area contributed by atoms with Gasteiger partial charge in [0.2, 0.25) is 0 Å². The number of hydrogen-bond donors (Lipinski definition) is 3. The quantitative estimate of drug-likeness (QED) is 0.0128. The average Bonchev–Trinajstić information content (AvgIpc) is 0.945. The van der Waals surface area contributed by atoms with Crippen molar-refractivity contribution in [2.24, 2.45) is 0 Å². The Balaban J connectivity index is 5.43. The summed E-state index contributed by atoms with van der Waals surface area (Å²) in [7, 11) is -9.98. The van der Waals surface area contributed by atoms with Gasteiger partial charge in [-0.15, -0.1) is 0 Å². The van der Waals surface area contributed by atoms with Crippen LogP contribution in [0.1, 0.15) is 323 Å². The van der Waals surface area contributed by atoms with Gasteiger partial charge in [-0.25, -0.2) is 9.13 Å². The fourth-order valence-electron chi connectivity index (χ4n) is 10.2. The third-order valence-corrected chi connectivity index (χ3v) is 18.1. The Morgan fingerprint density at radius 2 is 0.530 bits per heavy atom. The lowest BCUT2D eigenvalue weighted by Crippen LogP contribution is -2.30. The Morgan fingerprint density at radius 3 is 0.880 bits per heavy atom.